The third-order valence-corrected chi connectivity index (χ3v) is 11.2. The summed E-state index contributed by atoms with van der Waals surface area (Å²) in [5, 5.41) is 25.1. The van der Waals surface area contributed by atoms with Crippen LogP contribution in [0.2, 0.25) is 0 Å². The second-order valence-corrected chi connectivity index (χ2v) is 17.6. The number of carboxylic acids is 2. The van der Waals surface area contributed by atoms with E-state index in [0.717, 1.165) is 25.2 Å². The summed E-state index contributed by atoms with van der Waals surface area (Å²) in [5.41, 5.74) is 0. The molecule has 1 aliphatic carbocycles. The Morgan fingerprint density at radius 2 is 0.958 bits per heavy atom. The van der Waals surface area contributed by atoms with Crippen LogP contribution in [0.5, 0.6) is 0 Å². The van der Waals surface area contributed by atoms with Crippen LogP contribution in [-0.2, 0) is 47.8 Å². The number of carbonyl (C=O) groups excluding carboxylic acids is 8. The molecule has 0 unspecified atom stereocenters. The number of hydrogen-bond acceptors (Lipinski definition) is 14. The van der Waals surface area contributed by atoms with Gasteiger partial charge in [-0.15, -0.1) is 0 Å². The van der Waals surface area contributed by atoms with Gasteiger partial charge in [-0.3, -0.25) is 28.4 Å². The summed E-state index contributed by atoms with van der Waals surface area (Å²) in [7, 11) is 2.67. The SMILES string of the molecule is CC(=O)[C@@H]1CC[C@H](C)C1.COC(=O)N[C@H](C(=O)N1[C@@H](C)CC[C@H]1C(=O)O)C(C)C.COC(=O)N[C@H](C(=O)N1[C@@H](C)CC[C@H]1C(C)=O)C(C)C.COC(=O)N[C@H](C(=O)O)C(C)C.O=CC(F)(F)F.[2H]CF.[Li+].[OH-]. The average Bonchev–Trinajstić information content (AvgIpc) is 4.01. The molecular formula is C45H78F4LiN5O16. The summed E-state index contributed by atoms with van der Waals surface area (Å²) in [4.78, 5) is 114. The minimum Gasteiger partial charge on any atom is -0.870 e. The molecule has 2 aliphatic heterocycles. The standard InChI is InChI=1S/C14H24N2O4.C13H22N2O5.C8H14O.C7H13NO4.C2HF3O.CH3F.Li.H2O/c1-8(2)12(15-14(19)20-5)13(18)16-9(3)6-7-11(16)10(4)17;1-7(2)10(14-13(19)20-4)11(16)15-8(3)5-6-9(15)12(17)18;1-6-3-4-8(5-6)7(2)9;1-4(2)5(6(9)10)8-7(11)12-3;3-2(4,5)1-6;1-2;;/h8-9,11-12H,6-7H2,1-5H3,(H,15,19);7-10H,5-6H2,1-4H3,(H,14,19)(H,17,18);6,8H,3-5H2,1-2H3;4-5H,1-3H3,(H,8,11)(H,9,10);1H;1H3;;1H2/q;;;;;;+1;/p-1/t9-,11-,12-;8-,9-,10-;6-,8+;5-;;;;/m0000..../s1/i;;;;;1D;;. The van der Waals surface area contributed by atoms with Crippen LogP contribution in [-0.4, -0.2) is 162 Å². The van der Waals surface area contributed by atoms with E-state index in [0.29, 0.717) is 31.0 Å². The first-order valence-corrected chi connectivity index (χ1v) is 22.3. The number of alkyl carbamates (subject to hydrolysis) is 3. The molecular weight excluding hydrogens is 949 g/mol. The number of Topliss-reactive ketones (excluding diaryl/α,β-unsaturated/α-hetero) is 2. The van der Waals surface area contributed by atoms with Crippen LogP contribution < -0.4 is 34.8 Å². The summed E-state index contributed by atoms with van der Waals surface area (Å²) in [6, 6.07) is -3.69. The van der Waals surface area contributed by atoms with Crippen molar-refractivity contribution in [1.82, 2.24) is 25.8 Å². The van der Waals surface area contributed by atoms with E-state index in [4.69, 9.17) is 11.3 Å². The zero-order valence-electron chi connectivity index (χ0n) is 44.7. The number of alkyl halides is 4. The van der Waals surface area contributed by atoms with Gasteiger partial charge in [0.25, 0.3) is 0 Å². The fourth-order valence-electron chi connectivity index (χ4n) is 7.35. The molecule has 21 nitrogen and oxygen atoms in total. The normalized spacial score (nSPS) is 21.0. The molecule has 0 radical (unpaired) electrons. The molecule has 0 aromatic rings. The number of rotatable bonds is 12. The Hall–Kier alpha value is -5.02. The summed E-state index contributed by atoms with van der Waals surface area (Å²) >= 11 is 0. The van der Waals surface area contributed by atoms with Gasteiger partial charge in [-0.05, 0) is 96.3 Å². The Morgan fingerprint density at radius 3 is 1.18 bits per heavy atom. The number of halogens is 4. The summed E-state index contributed by atoms with van der Waals surface area (Å²) < 4.78 is 60.1. The molecule has 71 heavy (non-hydrogen) atoms. The number of methoxy groups -OCH3 is 3. The maximum atomic E-state index is 12.7. The van der Waals surface area contributed by atoms with Gasteiger partial charge in [-0.2, -0.15) is 13.2 Å². The van der Waals surface area contributed by atoms with Gasteiger partial charge in [-0.1, -0.05) is 48.5 Å². The molecule has 9 atom stereocenters. The Labute approximate surface area is 427 Å². The third-order valence-electron chi connectivity index (χ3n) is 11.2. The molecule has 1 saturated carbocycles. The average molecular weight is 1030 g/mol. The van der Waals surface area contributed by atoms with E-state index >= 15 is 0 Å². The van der Waals surface area contributed by atoms with Gasteiger partial charge in [0.15, 0.2) is 5.78 Å². The summed E-state index contributed by atoms with van der Waals surface area (Å²) in [6.45, 7) is 19.9. The molecule has 6 N–H and O–H groups in total. The van der Waals surface area contributed by atoms with Crippen molar-refractivity contribution in [3.63, 3.8) is 0 Å². The topological polar surface area (TPSA) is 311 Å². The number of carbonyl (C=O) groups is 10. The summed E-state index contributed by atoms with van der Waals surface area (Å²) in [5.74, 6) is -1.49. The number of amides is 5. The van der Waals surface area contributed by atoms with E-state index in [-0.39, 0.29) is 77.8 Å². The van der Waals surface area contributed by atoms with Gasteiger partial charge in [0.2, 0.25) is 18.1 Å². The smallest absolute Gasteiger partial charge is 0.870 e. The molecule has 5 amide bonds. The molecule has 408 valence electrons. The maximum Gasteiger partial charge on any atom is 1.00 e. The maximum absolute atomic E-state index is 12.7. The Balaban J connectivity index is -0.000000268. The Bertz CT molecular complexity index is 1630. The zero-order chi connectivity index (χ0) is 55.4. The van der Waals surface area contributed by atoms with Crippen molar-refractivity contribution in [2.24, 2.45) is 29.6 Å². The van der Waals surface area contributed by atoms with Crippen molar-refractivity contribution < 1.29 is 116 Å². The number of nitrogens with one attached hydrogen (secondary N) is 3. The van der Waals surface area contributed by atoms with E-state index < -0.39 is 74.0 Å². The van der Waals surface area contributed by atoms with Crippen LogP contribution in [0.1, 0.15) is 122 Å². The van der Waals surface area contributed by atoms with Gasteiger partial charge in [0.1, 0.15) is 30.0 Å². The minimum atomic E-state index is -4.64. The molecule has 26 heteroatoms. The van der Waals surface area contributed by atoms with Crippen LogP contribution in [0.25, 0.3) is 0 Å². The molecule has 3 aliphatic rings. The van der Waals surface area contributed by atoms with Crippen LogP contribution in [0.15, 0.2) is 0 Å². The van der Waals surface area contributed by atoms with Crippen LogP contribution in [0, 0.1) is 29.6 Å². The number of carboxylic acid groups (broad SMARTS) is 2. The first-order valence-electron chi connectivity index (χ1n) is 23.0. The number of nitrogens with zero attached hydrogens (tertiary/aromatic N) is 2. The predicted molar refractivity (Wildman–Crippen MR) is 245 cm³/mol. The second kappa shape index (κ2) is 37.7. The number of ketones is 2. The molecule has 3 rings (SSSR count). The fourth-order valence-corrected chi connectivity index (χ4v) is 7.35. The van der Waals surface area contributed by atoms with E-state index in [1.54, 1.807) is 39.5 Å². The zero-order valence-corrected chi connectivity index (χ0v) is 43.7. The predicted octanol–water partition coefficient (Wildman–Crippen LogP) is 2.79. The van der Waals surface area contributed by atoms with Crippen LogP contribution in [0.3, 0.4) is 0 Å². The molecule has 0 spiro atoms. The molecule has 0 bridgehead atoms. The number of aldehydes is 1. The van der Waals surface area contributed by atoms with Crippen molar-refractivity contribution >= 4 is 59.9 Å². The van der Waals surface area contributed by atoms with Crippen LogP contribution in [0.4, 0.5) is 31.9 Å². The van der Waals surface area contributed by atoms with Crippen molar-refractivity contribution in [2.75, 3.05) is 28.5 Å². The number of likely N-dealkylation sites (tertiary alicyclic amines) is 2. The van der Waals surface area contributed by atoms with Gasteiger partial charge in [-0.25, -0.2) is 24.0 Å². The first kappa shape index (κ1) is 72.5. The van der Waals surface area contributed by atoms with Crippen molar-refractivity contribution in [3.05, 3.63) is 0 Å². The van der Waals surface area contributed by atoms with E-state index in [2.05, 4.69) is 37.1 Å². The number of hydrogen-bond donors (Lipinski definition) is 5. The van der Waals surface area contributed by atoms with Crippen molar-refractivity contribution in [3.8, 4) is 0 Å². The molecule has 3 fully saturated rings. The summed E-state index contributed by atoms with van der Waals surface area (Å²) in [6.07, 6.45) is -1.67. The van der Waals surface area contributed by atoms with E-state index in [1.165, 1.54) is 39.6 Å². The van der Waals surface area contributed by atoms with E-state index in [9.17, 15) is 65.8 Å². The fraction of sp³-hybridized carbons (Fsp3) is 0.778. The second-order valence-electron chi connectivity index (χ2n) is 17.6. The largest absolute Gasteiger partial charge is 1.00 e. The molecule has 2 saturated heterocycles. The number of aliphatic carboxylic acids is 2. The Kier molecular flexibility index (Phi) is 38.5. The first-order chi connectivity index (χ1) is 32.2. The van der Waals surface area contributed by atoms with Crippen molar-refractivity contribution in [1.29, 1.82) is 0 Å². The molecule has 2 heterocycles. The third kappa shape index (κ3) is 28.6. The quantitative estimate of drug-likeness (QED) is 0.0812. The van der Waals surface area contributed by atoms with Crippen molar-refractivity contribution in [2.45, 2.75) is 170 Å². The van der Waals surface area contributed by atoms with Gasteiger partial charge in [0, 0.05) is 18.0 Å². The van der Waals surface area contributed by atoms with Gasteiger partial charge in [0.05, 0.1) is 35.9 Å². The minimum absolute atomic E-state index is 0. The monoisotopic (exact) mass is 1030 g/mol. The molecule has 0 aromatic heterocycles. The Morgan fingerprint density at radius 1 is 0.634 bits per heavy atom. The van der Waals surface area contributed by atoms with Gasteiger partial charge >= 0.3 is 55.3 Å². The van der Waals surface area contributed by atoms with Gasteiger partial charge < -0.3 is 55.7 Å². The van der Waals surface area contributed by atoms with E-state index in [1.807, 2.05) is 27.7 Å². The molecule has 0 aromatic carbocycles. The number of ether oxygens (including phenoxy) is 3. The van der Waals surface area contributed by atoms with Crippen LogP contribution >= 0.6 is 0 Å².